The van der Waals surface area contributed by atoms with E-state index >= 15 is 4.79 Å². The molecule has 3 N–H and O–H groups in total. The number of esters is 1. The normalized spacial score (nSPS) is 20.8. The first-order valence-electron chi connectivity index (χ1n) is 15.1. The molecule has 2 unspecified atom stereocenters. The summed E-state index contributed by atoms with van der Waals surface area (Å²) < 4.78 is 15.9. The first kappa shape index (κ1) is 34.2. The molecule has 46 heavy (non-hydrogen) atoms. The molecule has 2 atom stereocenters. The summed E-state index contributed by atoms with van der Waals surface area (Å²) in [5.74, 6) is -1.40. The molecule has 0 radical (unpaired) electrons. The van der Waals surface area contributed by atoms with E-state index in [1.54, 1.807) is 49.9 Å². The maximum atomic E-state index is 15.1. The van der Waals surface area contributed by atoms with Gasteiger partial charge in [0, 0.05) is 6.54 Å². The smallest absolute Gasteiger partial charge is 0.426 e. The molecule has 2 aromatic rings. The summed E-state index contributed by atoms with van der Waals surface area (Å²) in [7, 11) is 1.21. The van der Waals surface area contributed by atoms with Crippen molar-refractivity contribution in [2.24, 2.45) is 0 Å². The number of carbonyl (C=O) groups is 4. The van der Waals surface area contributed by atoms with Crippen LogP contribution in [0.25, 0.3) is 0 Å². The van der Waals surface area contributed by atoms with Crippen LogP contribution in [0.3, 0.4) is 0 Å². The number of nitrogens with one attached hydrogen (secondary N) is 3. The number of rotatable bonds is 12. The fourth-order valence-corrected chi connectivity index (χ4v) is 6.35. The number of thiocarbonyl (C=S) groups is 1. The SMILES string of the molecule is CCCCN1C(=S)N(c2ccccc2)C(=O)C12C(C(=O)OC)=C(CC)N(NC(=O)OCc1ccccc1)C2(C)NNC(=O)OCC. The molecule has 2 heterocycles. The van der Waals surface area contributed by atoms with Gasteiger partial charge in [-0.15, -0.1) is 0 Å². The summed E-state index contributed by atoms with van der Waals surface area (Å²) >= 11 is 5.98. The van der Waals surface area contributed by atoms with Gasteiger partial charge in [-0.3, -0.25) is 20.1 Å². The van der Waals surface area contributed by atoms with Gasteiger partial charge in [0.05, 0.1) is 30.7 Å². The van der Waals surface area contributed by atoms with E-state index in [9.17, 15) is 14.4 Å². The number of carbonyl (C=O) groups excluding carboxylic acids is 4. The number of hydrogen-bond acceptors (Lipinski definition) is 10. The van der Waals surface area contributed by atoms with Crippen LogP contribution in [0.5, 0.6) is 0 Å². The first-order chi connectivity index (χ1) is 22.1. The molecular formula is C32H40N6O7S. The molecule has 4 rings (SSSR count). The fraction of sp³-hybridized carbons (Fsp3) is 0.406. The average molecular weight is 653 g/mol. The van der Waals surface area contributed by atoms with Crippen LogP contribution in [0.15, 0.2) is 71.9 Å². The van der Waals surface area contributed by atoms with E-state index in [1.807, 2.05) is 43.3 Å². The number of allylic oxidation sites excluding steroid dienone is 1. The number of benzene rings is 2. The highest BCUT2D eigenvalue weighted by atomic mass is 32.1. The third kappa shape index (κ3) is 5.97. The zero-order valence-electron chi connectivity index (χ0n) is 26.6. The lowest BCUT2D eigenvalue weighted by Crippen LogP contribution is -2.78. The zero-order valence-corrected chi connectivity index (χ0v) is 27.4. The van der Waals surface area contributed by atoms with Crippen LogP contribution in [0.2, 0.25) is 0 Å². The summed E-state index contributed by atoms with van der Waals surface area (Å²) in [5.41, 5.74) is 5.84. The van der Waals surface area contributed by atoms with Gasteiger partial charge in [0.2, 0.25) is 0 Å². The Kier molecular flexibility index (Phi) is 10.9. The van der Waals surface area contributed by atoms with Crippen molar-refractivity contribution in [3.63, 3.8) is 0 Å². The fourth-order valence-electron chi connectivity index (χ4n) is 5.94. The van der Waals surface area contributed by atoms with Crippen LogP contribution in [0, 0.1) is 0 Å². The molecule has 246 valence electrons. The standard InChI is InChI=1S/C32H40N6O7S/c1-6-9-20-36-30(46)37(23-18-14-11-15-19-23)27(40)32(36)25(26(39)43-5)24(7-2)38(31(32,4)35-33-28(41)44-8-3)34-29(42)45-21-22-16-12-10-13-17-22/h10-19,35H,6-9,20-21H2,1-5H3,(H,33,41)(H,34,42). The topological polar surface area (TPSA) is 142 Å². The largest absolute Gasteiger partial charge is 0.466 e. The van der Waals surface area contributed by atoms with Gasteiger partial charge >= 0.3 is 18.2 Å². The van der Waals surface area contributed by atoms with Crippen molar-refractivity contribution in [1.29, 1.82) is 0 Å². The van der Waals surface area contributed by atoms with Gasteiger partial charge in [-0.1, -0.05) is 68.8 Å². The second-order valence-electron chi connectivity index (χ2n) is 10.7. The van der Waals surface area contributed by atoms with Crippen LogP contribution >= 0.6 is 12.2 Å². The number of nitrogens with zero attached hydrogens (tertiary/aromatic N) is 3. The van der Waals surface area contributed by atoms with Crippen molar-refractivity contribution in [3.8, 4) is 0 Å². The monoisotopic (exact) mass is 652 g/mol. The molecule has 13 nitrogen and oxygen atoms in total. The lowest BCUT2D eigenvalue weighted by Gasteiger charge is -2.49. The number of methoxy groups -OCH3 is 1. The molecular weight excluding hydrogens is 612 g/mol. The minimum absolute atomic E-state index is 0.0423. The molecule has 2 aliphatic heterocycles. The zero-order chi connectivity index (χ0) is 33.5. The van der Waals surface area contributed by atoms with E-state index in [-0.39, 0.29) is 42.6 Å². The number of anilines is 1. The van der Waals surface area contributed by atoms with Gasteiger partial charge in [0.15, 0.2) is 16.3 Å². The van der Waals surface area contributed by atoms with Crippen molar-refractivity contribution in [3.05, 3.63) is 77.5 Å². The number of amides is 3. The van der Waals surface area contributed by atoms with Crippen molar-refractivity contribution in [1.82, 2.24) is 26.2 Å². The van der Waals surface area contributed by atoms with Gasteiger partial charge in [0.25, 0.3) is 5.91 Å². The van der Waals surface area contributed by atoms with Gasteiger partial charge < -0.3 is 19.1 Å². The van der Waals surface area contributed by atoms with Crippen molar-refractivity contribution < 1.29 is 33.4 Å². The maximum Gasteiger partial charge on any atom is 0.426 e. The van der Waals surface area contributed by atoms with Crippen molar-refractivity contribution >= 4 is 47.1 Å². The minimum atomic E-state index is -1.96. The Morgan fingerprint density at radius 1 is 0.935 bits per heavy atom. The van der Waals surface area contributed by atoms with E-state index < -0.39 is 35.3 Å². The van der Waals surface area contributed by atoms with Crippen LogP contribution in [-0.2, 0) is 30.4 Å². The van der Waals surface area contributed by atoms with Gasteiger partial charge in [-0.05, 0) is 56.6 Å². The van der Waals surface area contributed by atoms with Crippen molar-refractivity contribution in [2.45, 2.75) is 64.8 Å². The molecule has 14 heteroatoms. The lowest BCUT2D eigenvalue weighted by molar-refractivity contribution is -0.142. The highest BCUT2D eigenvalue weighted by Gasteiger charge is 2.75. The molecule has 2 aromatic carbocycles. The van der Waals surface area contributed by atoms with Gasteiger partial charge in [0.1, 0.15) is 6.61 Å². The number of hydrogen-bond donors (Lipinski definition) is 3. The molecule has 0 bridgehead atoms. The van der Waals surface area contributed by atoms with Gasteiger partial charge in [-0.25, -0.2) is 25.2 Å². The Balaban J connectivity index is 1.93. The summed E-state index contributed by atoms with van der Waals surface area (Å²) in [6, 6.07) is 17.9. The Morgan fingerprint density at radius 2 is 1.59 bits per heavy atom. The van der Waals surface area contributed by atoms with E-state index in [2.05, 4.69) is 16.3 Å². The molecule has 1 fully saturated rings. The molecule has 1 saturated heterocycles. The predicted octanol–water partition coefficient (Wildman–Crippen LogP) is 4.12. The molecule has 2 aliphatic rings. The Hall–Kier alpha value is -4.69. The highest BCUT2D eigenvalue weighted by Crippen LogP contribution is 2.52. The Morgan fingerprint density at radius 3 is 2.17 bits per heavy atom. The van der Waals surface area contributed by atoms with Crippen LogP contribution < -0.4 is 21.2 Å². The number of unbranched alkanes of at least 4 members (excludes halogenated alkanes) is 1. The lowest BCUT2D eigenvalue weighted by atomic mass is 9.78. The molecule has 1 spiro atoms. The Labute approximate surface area is 273 Å². The van der Waals surface area contributed by atoms with Crippen molar-refractivity contribution in [2.75, 3.05) is 25.2 Å². The predicted molar refractivity (Wildman–Crippen MR) is 174 cm³/mol. The number of ether oxygens (including phenoxy) is 3. The summed E-state index contributed by atoms with van der Waals surface area (Å²) in [5, 5.41) is 1.48. The molecule has 0 aromatic heterocycles. The van der Waals surface area contributed by atoms with E-state index in [0.717, 1.165) is 12.0 Å². The quantitative estimate of drug-likeness (QED) is 0.132. The molecule has 0 saturated carbocycles. The molecule has 0 aliphatic carbocycles. The number of hydrazine groups is 2. The third-order valence-electron chi connectivity index (χ3n) is 7.99. The van der Waals surface area contributed by atoms with Crippen LogP contribution in [0.4, 0.5) is 15.3 Å². The maximum absolute atomic E-state index is 15.1. The third-order valence-corrected chi connectivity index (χ3v) is 8.39. The second kappa shape index (κ2) is 14.6. The average Bonchev–Trinajstić information content (AvgIpc) is 3.42. The van der Waals surface area contributed by atoms with Gasteiger partial charge in [-0.2, -0.15) is 0 Å². The van der Waals surface area contributed by atoms with E-state index in [0.29, 0.717) is 12.1 Å². The van der Waals surface area contributed by atoms with E-state index in [1.165, 1.54) is 17.0 Å². The number of para-hydroxylation sites is 1. The summed E-state index contributed by atoms with van der Waals surface area (Å²) in [6.45, 7) is 7.26. The minimum Gasteiger partial charge on any atom is -0.466 e. The summed E-state index contributed by atoms with van der Waals surface area (Å²) in [6.07, 6.45) is -0.210. The first-order valence-corrected chi connectivity index (χ1v) is 15.5. The van der Waals surface area contributed by atoms with Crippen LogP contribution in [-0.4, -0.2) is 70.5 Å². The van der Waals surface area contributed by atoms with E-state index in [4.69, 9.17) is 26.4 Å². The second-order valence-corrected chi connectivity index (χ2v) is 11.1. The summed E-state index contributed by atoms with van der Waals surface area (Å²) in [4.78, 5) is 58.1. The molecule has 3 amide bonds. The highest BCUT2D eigenvalue weighted by molar-refractivity contribution is 7.80. The van der Waals surface area contributed by atoms with Crippen LogP contribution in [0.1, 0.15) is 52.5 Å². The Bertz CT molecular complexity index is 1490.